The zero-order valence-corrected chi connectivity index (χ0v) is 9.78. The molecule has 0 amide bonds. The predicted octanol–water partition coefficient (Wildman–Crippen LogP) is 2.02. The fourth-order valence-corrected chi connectivity index (χ4v) is 2.17. The first-order chi connectivity index (χ1) is 8.02. The average Bonchev–Trinajstić information content (AvgIpc) is 2.68. The summed E-state index contributed by atoms with van der Waals surface area (Å²) in [7, 11) is 0. The van der Waals surface area contributed by atoms with Gasteiger partial charge in [0.25, 0.3) is 0 Å². The Kier molecular flexibility index (Phi) is 2.79. The minimum Gasteiger partial charge on any atom is -0.411 e. The molecule has 1 aliphatic carbocycles. The van der Waals surface area contributed by atoms with Crippen molar-refractivity contribution in [2.75, 3.05) is 0 Å². The molecule has 4 heteroatoms. The summed E-state index contributed by atoms with van der Waals surface area (Å²) in [6.45, 7) is 2.90. The third-order valence-electron chi connectivity index (χ3n) is 3.03. The Labute approximate surface area is 98.9 Å². The number of nitrogens with zero attached hydrogens (tertiary/aromatic N) is 1. The molecular weight excluding hydrogens is 218 g/mol. The van der Waals surface area contributed by atoms with E-state index in [1.165, 1.54) is 13.8 Å². The minimum atomic E-state index is -0.118. The molecule has 1 N–H and O–H groups in total. The fourth-order valence-electron chi connectivity index (χ4n) is 2.17. The van der Waals surface area contributed by atoms with Gasteiger partial charge in [0.05, 0.1) is 5.71 Å². The summed E-state index contributed by atoms with van der Waals surface area (Å²) < 4.78 is 0. The molecule has 0 unspecified atom stereocenters. The van der Waals surface area contributed by atoms with E-state index in [0.29, 0.717) is 29.7 Å². The Balaban J connectivity index is 2.58. The van der Waals surface area contributed by atoms with Crippen LogP contribution in [0.25, 0.3) is 0 Å². The third-order valence-corrected chi connectivity index (χ3v) is 3.03. The highest BCUT2D eigenvalue weighted by Gasteiger charge is 2.22. The molecule has 0 saturated carbocycles. The quantitative estimate of drug-likeness (QED) is 0.481. The molecule has 0 aromatic heterocycles. The van der Waals surface area contributed by atoms with Gasteiger partial charge in [-0.2, -0.15) is 0 Å². The fraction of sp³-hybridized carbons (Fsp3) is 0.308. The van der Waals surface area contributed by atoms with Crippen LogP contribution >= 0.6 is 0 Å². The van der Waals surface area contributed by atoms with Gasteiger partial charge < -0.3 is 5.21 Å². The zero-order valence-electron chi connectivity index (χ0n) is 9.78. The molecule has 4 nitrogen and oxygen atoms in total. The highest BCUT2D eigenvalue weighted by Crippen LogP contribution is 2.25. The lowest BCUT2D eigenvalue weighted by Gasteiger charge is -2.07. The van der Waals surface area contributed by atoms with Gasteiger partial charge in [-0.15, -0.1) is 0 Å². The van der Waals surface area contributed by atoms with E-state index in [2.05, 4.69) is 5.16 Å². The van der Waals surface area contributed by atoms with Gasteiger partial charge in [-0.05, 0) is 37.1 Å². The molecule has 0 bridgehead atoms. The number of Topliss-reactive ketones (excluding diaryl/α,β-unsaturated/α-hetero) is 2. The summed E-state index contributed by atoms with van der Waals surface area (Å²) in [6, 6.07) is 3.49. The van der Waals surface area contributed by atoms with Crippen molar-refractivity contribution in [3.63, 3.8) is 0 Å². The Morgan fingerprint density at radius 1 is 1.06 bits per heavy atom. The molecule has 0 heterocycles. The van der Waals surface area contributed by atoms with Crippen molar-refractivity contribution in [3.05, 3.63) is 34.4 Å². The first kappa shape index (κ1) is 11.5. The number of carbonyl (C=O) groups excluding carboxylic acids is 2. The topological polar surface area (TPSA) is 66.7 Å². The van der Waals surface area contributed by atoms with Crippen LogP contribution in [0.5, 0.6) is 0 Å². The number of benzene rings is 1. The lowest BCUT2D eigenvalue weighted by molar-refractivity contribution is 0.0980. The van der Waals surface area contributed by atoms with Crippen LogP contribution in [0.1, 0.15) is 45.7 Å². The Morgan fingerprint density at radius 3 is 1.76 bits per heavy atom. The van der Waals surface area contributed by atoms with Crippen LogP contribution in [-0.4, -0.2) is 22.5 Å². The smallest absolute Gasteiger partial charge is 0.160 e. The molecule has 0 fully saturated rings. The number of ketones is 2. The van der Waals surface area contributed by atoms with Crippen LogP contribution in [0.4, 0.5) is 0 Å². The molecule has 1 aliphatic rings. The molecule has 0 radical (unpaired) electrons. The van der Waals surface area contributed by atoms with Crippen molar-refractivity contribution in [3.8, 4) is 0 Å². The largest absolute Gasteiger partial charge is 0.411 e. The van der Waals surface area contributed by atoms with Gasteiger partial charge in [-0.3, -0.25) is 9.59 Å². The van der Waals surface area contributed by atoms with E-state index < -0.39 is 0 Å². The molecule has 0 aliphatic heterocycles. The van der Waals surface area contributed by atoms with Crippen LogP contribution in [0.2, 0.25) is 0 Å². The normalized spacial score (nSPS) is 13.4. The Hall–Kier alpha value is -1.97. The second-order valence-corrected chi connectivity index (χ2v) is 4.30. The monoisotopic (exact) mass is 231 g/mol. The molecule has 0 spiro atoms. The predicted molar refractivity (Wildman–Crippen MR) is 63.1 cm³/mol. The van der Waals surface area contributed by atoms with E-state index >= 15 is 0 Å². The molecule has 0 saturated heterocycles. The van der Waals surface area contributed by atoms with Crippen molar-refractivity contribution in [2.24, 2.45) is 5.16 Å². The number of fused-ring (bicyclic) bond motifs is 1. The molecule has 1 aromatic rings. The summed E-state index contributed by atoms with van der Waals surface area (Å²) in [6.07, 6.45) is 1.09. The maximum Gasteiger partial charge on any atom is 0.160 e. The summed E-state index contributed by atoms with van der Waals surface area (Å²) in [4.78, 5) is 23.0. The van der Waals surface area contributed by atoms with Crippen molar-refractivity contribution >= 4 is 17.3 Å². The van der Waals surface area contributed by atoms with Gasteiger partial charge in [-0.1, -0.05) is 5.16 Å². The summed E-state index contributed by atoms with van der Waals surface area (Å²) >= 11 is 0. The average molecular weight is 231 g/mol. The van der Waals surface area contributed by atoms with Crippen molar-refractivity contribution in [1.29, 1.82) is 0 Å². The number of oxime groups is 1. The third kappa shape index (κ3) is 1.98. The number of hydrogen-bond donors (Lipinski definition) is 1. The molecule has 0 atom stereocenters. The van der Waals surface area contributed by atoms with Gasteiger partial charge in [0, 0.05) is 24.0 Å². The second-order valence-electron chi connectivity index (χ2n) is 4.30. The molecule has 2 rings (SSSR count). The van der Waals surface area contributed by atoms with E-state index in [4.69, 9.17) is 5.21 Å². The highest BCUT2D eigenvalue weighted by atomic mass is 16.4. The van der Waals surface area contributed by atoms with Gasteiger partial charge in [0.1, 0.15) is 0 Å². The first-order valence-electron chi connectivity index (χ1n) is 5.40. The van der Waals surface area contributed by atoms with Crippen molar-refractivity contribution < 1.29 is 14.8 Å². The molecule has 88 valence electrons. The minimum absolute atomic E-state index is 0.118. The molecule has 1 aromatic carbocycles. The molecular formula is C13H13NO3. The first-order valence-corrected chi connectivity index (χ1v) is 5.40. The standard InChI is InChI=1S/C13H13NO3/c1-7(15)12-5-9-3-11(14-17)4-10(9)6-13(12)8(2)16/h5-6,17H,3-4H2,1-2H3. The lowest BCUT2D eigenvalue weighted by Crippen LogP contribution is -2.05. The maximum absolute atomic E-state index is 11.5. The van der Waals surface area contributed by atoms with Crippen molar-refractivity contribution in [2.45, 2.75) is 26.7 Å². The van der Waals surface area contributed by atoms with Crippen LogP contribution < -0.4 is 0 Å². The van der Waals surface area contributed by atoms with E-state index in [0.717, 1.165) is 11.1 Å². The lowest BCUT2D eigenvalue weighted by atomic mass is 9.96. The van der Waals surface area contributed by atoms with Gasteiger partial charge in [0.2, 0.25) is 0 Å². The summed E-state index contributed by atoms with van der Waals surface area (Å²) in [5.74, 6) is -0.236. The van der Waals surface area contributed by atoms with E-state index in [1.54, 1.807) is 12.1 Å². The van der Waals surface area contributed by atoms with Gasteiger partial charge in [0.15, 0.2) is 11.6 Å². The van der Waals surface area contributed by atoms with E-state index in [-0.39, 0.29) is 11.6 Å². The van der Waals surface area contributed by atoms with E-state index in [1.807, 2.05) is 0 Å². The highest BCUT2D eigenvalue weighted by molar-refractivity contribution is 6.08. The SMILES string of the molecule is CC(=O)c1cc2c(cc1C(C)=O)CC(=NO)C2. The number of rotatable bonds is 2. The van der Waals surface area contributed by atoms with Crippen LogP contribution in [-0.2, 0) is 12.8 Å². The van der Waals surface area contributed by atoms with Crippen molar-refractivity contribution in [1.82, 2.24) is 0 Å². The molecule has 17 heavy (non-hydrogen) atoms. The van der Waals surface area contributed by atoms with Gasteiger partial charge >= 0.3 is 0 Å². The summed E-state index contributed by atoms with van der Waals surface area (Å²) in [5.41, 5.74) is 3.50. The Morgan fingerprint density at radius 2 is 1.47 bits per heavy atom. The zero-order chi connectivity index (χ0) is 12.6. The maximum atomic E-state index is 11.5. The number of hydrogen-bond acceptors (Lipinski definition) is 4. The Bertz CT molecular complexity index is 499. The summed E-state index contributed by atoms with van der Waals surface area (Å²) in [5, 5.41) is 11.9. The van der Waals surface area contributed by atoms with Crippen LogP contribution in [0.3, 0.4) is 0 Å². The van der Waals surface area contributed by atoms with E-state index in [9.17, 15) is 9.59 Å². The second kappa shape index (κ2) is 4.13. The van der Waals surface area contributed by atoms with Crippen LogP contribution in [0.15, 0.2) is 17.3 Å². The van der Waals surface area contributed by atoms with Gasteiger partial charge in [-0.25, -0.2) is 0 Å². The van der Waals surface area contributed by atoms with Crippen LogP contribution in [0, 0.1) is 0 Å². The number of carbonyl (C=O) groups is 2.